The normalized spacial score (nSPS) is 14.5. The van der Waals surface area contributed by atoms with Crippen LogP contribution >= 0.6 is 0 Å². The number of benzene rings is 1. The molecular formula is C21H21F3N4O6. The third kappa shape index (κ3) is 5.71. The zero-order valence-electron chi connectivity index (χ0n) is 18.0. The summed E-state index contributed by atoms with van der Waals surface area (Å²) >= 11 is 0. The number of aromatic nitrogens is 1. The highest BCUT2D eigenvalue weighted by Gasteiger charge is 2.35. The fourth-order valence-corrected chi connectivity index (χ4v) is 3.65. The molecule has 0 bridgehead atoms. The minimum atomic E-state index is -4.71. The Morgan fingerprint density at radius 1 is 1.21 bits per heavy atom. The molecule has 2 heterocycles. The Labute approximate surface area is 191 Å². The Balaban J connectivity index is 1.53. The number of imide groups is 1. The fraction of sp³-hybridized carbons (Fsp3) is 0.381. The predicted octanol–water partition coefficient (Wildman–Crippen LogP) is 2.67. The molecule has 1 aliphatic rings. The number of nitro benzene ring substituents is 1. The van der Waals surface area contributed by atoms with Gasteiger partial charge >= 0.3 is 12.1 Å². The van der Waals surface area contributed by atoms with E-state index in [1.54, 1.807) is 19.3 Å². The molecule has 0 spiro atoms. The highest BCUT2D eigenvalue weighted by atomic mass is 19.4. The number of amides is 2. The molecule has 1 aromatic heterocycles. The third-order valence-electron chi connectivity index (χ3n) is 5.44. The van der Waals surface area contributed by atoms with Crippen molar-refractivity contribution in [1.29, 1.82) is 0 Å². The number of carbonyl (C=O) groups is 3. The summed E-state index contributed by atoms with van der Waals surface area (Å²) in [5.41, 5.74) is -1.51. The largest absolute Gasteiger partial charge is 0.455 e. The van der Waals surface area contributed by atoms with Gasteiger partial charge in [0.1, 0.15) is 11.4 Å². The molecule has 0 aliphatic carbocycles. The second-order valence-electron chi connectivity index (χ2n) is 7.71. The molecule has 13 heteroatoms. The average Bonchev–Trinajstić information content (AvgIpc) is 3.22. The van der Waals surface area contributed by atoms with Gasteiger partial charge in [-0.15, -0.1) is 0 Å². The summed E-state index contributed by atoms with van der Waals surface area (Å²) in [6.45, 7) is -0.312. The van der Waals surface area contributed by atoms with Crippen molar-refractivity contribution in [2.75, 3.05) is 24.6 Å². The molecule has 1 saturated heterocycles. The highest BCUT2D eigenvalue weighted by molar-refractivity contribution is 6.04. The van der Waals surface area contributed by atoms with Crippen molar-refractivity contribution in [3.8, 4) is 0 Å². The molecule has 182 valence electrons. The minimum absolute atomic E-state index is 0.0309. The van der Waals surface area contributed by atoms with E-state index in [0.717, 1.165) is 12.1 Å². The van der Waals surface area contributed by atoms with Crippen molar-refractivity contribution in [1.82, 2.24) is 9.88 Å². The summed E-state index contributed by atoms with van der Waals surface area (Å²) in [7, 11) is 1.63. The number of aryl methyl sites for hydroxylation is 1. The van der Waals surface area contributed by atoms with Gasteiger partial charge in [0.05, 0.1) is 16.4 Å². The molecule has 0 saturated carbocycles. The lowest BCUT2D eigenvalue weighted by Crippen LogP contribution is -2.39. The third-order valence-corrected chi connectivity index (χ3v) is 5.44. The van der Waals surface area contributed by atoms with Crippen LogP contribution in [0.4, 0.5) is 24.5 Å². The van der Waals surface area contributed by atoms with Crippen molar-refractivity contribution in [3.63, 3.8) is 0 Å². The number of hydrogen-bond acceptors (Lipinski definition) is 7. The molecular weight excluding hydrogens is 461 g/mol. The monoisotopic (exact) mass is 482 g/mol. The fourth-order valence-electron chi connectivity index (χ4n) is 3.65. The van der Waals surface area contributed by atoms with Crippen LogP contribution in [0.15, 0.2) is 36.5 Å². The average molecular weight is 482 g/mol. The second-order valence-corrected chi connectivity index (χ2v) is 7.71. The van der Waals surface area contributed by atoms with Crippen molar-refractivity contribution >= 4 is 29.2 Å². The van der Waals surface area contributed by atoms with Gasteiger partial charge in [-0.3, -0.25) is 29.8 Å². The van der Waals surface area contributed by atoms with Crippen molar-refractivity contribution in [2.24, 2.45) is 13.0 Å². The van der Waals surface area contributed by atoms with Gasteiger partial charge in [-0.05, 0) is 37.1 Å². The number of hydrogen-bond donors (Lipinski definition) is 1. The smallest absolute Gasteiger partial charge is 0.416 e. The number of esters is 1. The van der Waals surface area contributed by atoms with Crippen molar-refractivity contribution in [2.45, 2.75) is 19.0 Å². The Morgan fingerprint density at radius 2 is 1.88 bits per heavy atom. The molecule has 0 atom stereocenters. The number of nitrogens with one attached hydrogen (secondary N) is 1. The maximum Gasteiger partial charge on any atom is 0.416 e. The van der Waals surface area contributed by atoms with Crippen LogP contribution in [0.25, 0.3) is 0 Å². The van der Waals surface area contributed by atoms with Gasteiger partial charge in [-0.25, -0.2) is 0 Å². The van der Waals surface area contributed by atoms with Crippen LogP contribution in [-0.4, -0.2) is 47.0 Å². The zero-order valence-corrected chi connectivity index (χ0v) is 18.0. The SMILES string of the molecule is Cn1cccc1C(=O)NC(=O)COC(=O)C1CCN(c2ccc(C(F)(F)F)cc2[N+](=O)[O-])CC1. The molecule has 3 rings (SSSR count). The maximum atomic E-state index is 12.9. The minimum Gasteiger partial charge on any atom is -0.455 e. The summed E-state index contributed by atoms with van der Waals surface area (Å²) in [5.74, 6) is -2.69. The van der Waals surface area contributed by atoms with Crippen LogP contribution in [0.3, 0.4) is 0 Å². The van der Waals surface area contributed by atoms with Gasteiger partial charge in [0.25, 0.3) is 17.5 Å². The predicted molar refractivity (Wildman–Crippen MR) is 112 cm³/mol. The molecule has 2 amide bonds. The molecule has 2 aromatic rings. The van der Waals surface area contributed by atoms with Crippen LogP contribution in [-0.2, 0) is 27.5 Å². The number of rotatable bonds is 6. The van der Waals surface area contributed by atoms with Gasteiger partial charge < -0.3 is 14.2 Å². The first-order chi connectivity index (χ1) is 16.0. The van der Waals surface area contributed by atoms with Crippen LogP contribution in [0.2, 0.25) is 0 Å². The number of ether oxygens (including phenoxy) is 1. The van der Waals surface area contributed by atoms with E-state index in [2.05, 4.69) is 5.32 Å². The lowest BCUT2D eigenvalue weighted by atomic mass is 9.96. The standard InChI is InChI=1S/C21H21F3N4O6/c1-26-8-2-3-16(26)19(30)25-18(29)12-34-20(31)13-6-9-27(10-7-13)15-5-4-14(21(22,23)24)11-17(15)28(32)33/h2-5,8,11,13H,6-7,9-10,12H2,1H3,(H,25,29,30). The molecule has 0 radical (unpaired) electrons. The van der Waals surface area contributed by atoms with E-state index in [0.29, 0.717) is 6.07 Å². The zero-order chi connectivity index (χ0) is 25.0. The van der Waals surface area contributed by atoms with E-state index < -0.39 is 52.7 Å². The molecule has 1 aromatic carbocycles. The second kappa shape index (κ2) is 9.93. The van der Waals surface area contributed by atoms with E-state index in [4.69, 9.17) is 4.74 Å². The summed E-state index contributed by atoms with van der Waals surface area (Å²) < 4.78 is 45.2. The first-order valence-corrected chi connectivity index (χ1v) is 10.2. The Bertz CT molecular complexity index is 1110. The Hall–Kier alpha value is -3.90. The number of piperidine rings is 1. The van der Waals surface area contributed by atoms with Gasteiger partial charge in [0, 0.05) is 32.4 Å². The van der Waals surface area contributed by atoms with E-state index in [9.17, 15) is 37.7 Å². The number of carbonyl (C=O) groups excluding carboxylic acids is 3. The van der Waals surface area contributed by atoms with Crippen LogP contribution in [0.5, 0.6) is 0 Å². The van der Waals surface area contributed by atoms with Gasteiger partial charge in [0.15, 0.2) is 6.61 Å². The lowest BCUT2D eigenvalue weighted by Gasteiger charge is -2.32. The van der Waals surface area contributed by atoms with Gasteiger partial charge in [-0.1, -0.05) is 0 Å². The Morgan fingerprint density at radius 3 is 2.44 bits per heavy atom. The summed E-state index contributed by atoms with van der Waals surface area (Å²) in [4.78, 5) is 48.2. The van der Waals surface area contributed by atoms with E-state index in [-0.39, 0.29) is 37.3 Å². The Kier molecular flexibility index (Phi) is 7.23. The first-order valence-electron chi connectivity index (χ1n) is 10.2. The van der Waals surface area contributed by atoms with Crippen molar-refractivity contribution < 1.29 is 37.2 Å². The summed E-state index contributed by atoms with van der Waals surface area (Å²) in [6, 6.07) is 5.46. The number of nitro groups is 1. The summed E-state index contributed by atoms with van der Waals surface area (Å²) in [6.07, 6.45) is -2.63. The van der Waals surface area contributed by atoms with Crippen LogP contribution in [0.1, 0.15) is 28.9 Å². The van der Waals surface area contributed by atoms with E-state index in [1.807, 2.05) is 0 Å². The topological polar surface area (TPSA) is 124 Å². The van der Waals surface area contributed by atoms with E-state index >= 15 is 0 Å². The number of halogens is 3. The quantitative estimate of drug-likeness (QED) is 0.381. The number of nitrogens with zero attached hydrogens (tertiary/aromatic N) is 3. The highest BCUT2D eigenvalue weighted by Crippen LogP contribution is 2.37. The molecule has 34 heavy (non-hydrogen) atoms. The molecule has 1 fully saturated rings. The molecule has 10 nitrogen and oxygen atoms in total. The van der Waals surface area contributed by atoms with Gasteiger partial charge in [0.2, 0.25) is 0 Å². The summed E-state index contributed by atoms with van der Waals surface area (Å²) in [5, 5.41) is 13.4. The van der Waals surface area contributed by atoms with Crippen LogP contribution in [0, 0.1) is 16.0 Å². The lowest BCUT2D eigenvalue weighted by molar-refractivity contribution is -0.384. The van der Waals surface area contributed by atoms with Crippen molar-refractivity contribution in [3.05, 3.63) is 57.9 Å². The first kappa shape index (κ1) is 24.7. The molecule has 1 N–H and O–H groups in total. The van der Waals surface area contributed by atoms with Gasteiger partial charge in [-0.2, -0.15) is 13.2 Å². The molecule has 1 aliphatic heterocycles. The molecule has 0 unspecified atom stereocenters. The number of anilines is 1. The van der Waals surface area contributed by atoms with Crippen LogP contribution < -0.4 is 10.2 Å². The van der Waals surface area contributed by atoms with E-state index in [1.165, 1.54) is 15.5 Å². The number of alkyl halides is 3. The maximum absolute atomic E-state index is 12.9.